The second-order valence-corrected chi connectivity index (χ2v) is 5.35. The summed E-state index contributed by atoms with van der Waals surface area (Å²) in [5.74, 6) is 1.28. The second-order valence-electron chi connectivity index (χ2n) is 5.35. The minimum Gasteiger partial charge on any atom is -0.493 e. The van der Waals surface area contributed by atoms with Gasteiger partial charge in [-0.2, -0.15) is 0 Å². The lowest BCUT2D eigenvalue weighted by molar-refractivity contribution is 0.132. The Bertz CT molecular complexity index is 687. The van der Waals surface area contributed by atoms with Crippen LogP contribution in [-0.2, 0) is 11.3 Å². The first kappa shape index (κ1) is 15.2. The number of hydrogen-bond donors (Lipinski definition) is 0. The highest BCUT2D eigenvalue weighted by molar-refractivity contribution is 5.70. The van der Waals surface area contributed by atoms with Crippen molar-refractivity contribution in [2.45, 2.75) is 12.6 Å². The van der Waals surface area contributed by atoms with E-state index in [0.29, 0.717) is 24.6 Å². The van der Waals surface area contributed by atoms with Crippen molar-refractivity contribution in [3.8, 4) is 11.5 Å². The van der Waals surface area contributed by atoms with Gasteiger partial charge in [-0.15, -0.1) is 0 Å². The molecule has 0 aromatic heterocycles. The van der Waals surface area contributed by atoms with Crippen LogP contribution in [0.1, 0.15) is 17.2 Å². The van der Waals surface area contributed by atoms with E-state index < -0.39 is 0 Å². The third kappa shape index (κ3) is 3.23. The third-order valence-electron chi connectivity index (χ3n) is 3.88. The zero-order valence-electron chi connectivity index (χ0n) is 13.2. The topological polar surface area (TPSA) is 48.0 Å². The van der Waals surface area contributed by atoms with Gasteiger partial charge < -0.3 is 14.2 Å². The molecule has 0 saturated carbocycles. The molecule has 1 unspecified atom stereocenters. The van der Waals surface area contributed by atoms with Gasteiger partial charge in [0.1, 0.15) is 6.10 Å². The Morgan fingerprint density at radius 2 is 1.83 bits per heavy atom. The lowest BCUT2D eigenvalue weighted by Gasteiger charge is -2.14. The second kappa shape index (κ2) is 6.60. The molecule has 120 valence electrons. The van der Waals surface area contributed by atoms with Gasteiger partial charge in [-0.25, -0.2) is 4.79 Å². The van der Waals surface area contributed by atoms with Gasteiger partial charge in [0.2, 0.25) is 0 Å². The van der Waals surface area contributed by atoms with Gasteiger partial charge >= 0.3 is 6.09 Å². The van der Waals surface area contributed by atoms with Crippen molar-refractivity contribution in [2.24, 2.45) is 0 Å². The zero-order chi connectivity index (χ0) is 16.2. The van der Waals surface area contributed by atoms with Crippen LogP contribution in [0.2, 0.25) is 0 Å². The molecule has 0 radical (unpaired) electrons. The Morgan fingerprint density at radius 3 is 2.52 bits per heavy atom. The first-order valence-corrected chi connectivity index (χ1v) is 7.42. The summed E-state index contributed by atoms with van der Waals surface area (Å²) >= 11 is 0. The number of cyclic esters (lactones) is 1. The molecule has 0 aliphatic carbocycles. The van der Waals surface area contributed by atoms with Gasteiger partial charge in [0.05, 0.1) is 20.8 Å². The zero-order valence-corrected chi connectivity index (χ0v) is 13.2. The van der Waals surface area contributed by atoms with Crippen molar-refractivity contribution in [3.63, 3.8) is 0 Å². The molecule has 1 aliphatic rings. The molecule has 3 rings (SSSR count). The SMILES string of the molecule is COc1ccc(C2CN(Cc3ccccc3)C(=O)O2)cc1OC. The number of carbonyl (C=O) groups excluding carboxylic acids is 1. The lowest BCUT2D eigenvalue weighted by Crippen LogP contribution is -2.23. The minimum atomic E-state index is -0.300. The number of benzene rings is 2. The van der Waals surface area contributed by atoms with Gasteiger partial charge in [0.25, 0.3) is 0 Å². The molecule has 0 bridgehead atoms. The van der Waals surface area contributed by atoms with Gasteiger partial charge in [0, 0.05) is 6.54 Å². The van der Waals surface area contributed by atoms with Gasteiger partial charge in [0.15, 0.2) is 11.5 Å². The van der Waals surface area contributed by atoms with E-state index >= 15 is 0 Å². The van der Waals surface area contributed by atoms with Crippen LogP contribution in [0.3, 0.4) is 0 Å². The number of ether oxygens (including phenoxy) is 3. The summed E-state index contributed by atoms with van der Waals surface area (Å²) in [5, 5.41) is 0. The summed E-state index contributed by atoms with van der Waals surface area (Å²) in [6.07, 6.45) is -0.598. The number of rotatable bonds is 5. The maximum Gasteiger partial charge on any atom is 0.410 e. The minimum absolute atomic E-state index is 0.298. The summed E-state index contributed by atoms with van der Waals surface area (Å²) < 4.78 is 16.0. The van der Waals surface area contributed by atoms with Crippen molar-refractivity contribution in [2.75, 3.05) is 20.8 Å². The fourth-order valence-corrected chi connectivity index (χ4v) is 2.67. The normalized spacial score (nSPS) is 17.0. The average Bonchev–Trinajstić information content (AvgIpc) is 2.96. The van der Waals surface area contributed by atoms with E-state index in [-0.39, 0.29) is 12.2 Å². The standard InChI is InChI=1S/C18H19NO4/c1-21-15-9-8-14(10-16(15)22-2)17-12-19(18(20)23-17)11-13-6-4-3-5-7-13/h3-10,17H,11-12H2,1-2H3. The highest BCUT2D eigenvalue weighted by Crippen LogP contribution is 2.34. The van der Waals surface area contributed by atoms with E-state index in [9.17, 15) is 4.79 Å². The molecule has 2 aromatic rings. The first-order chi connectivity index (χ1) is 11.2. The molecule has 1 heterocycles. The highest BCUT2D eigenvalue weighted by Gasteiger charge is 2.32. The van der Waals surface area contributed by atoms with Gasteiger partial charge in [-0.05, 0) is 23.3 Å². The summed E-state index contributed by atoms with van der Waals surface area (Å²) in [6.45, 7) is 1.06. The first-order valence-electron chi connectivity index (χ1n) is 7.42. The smallest absolute Gasteiger partial charge is 0.410 e. The monoisotopic (exact) mass is 313 g/mol. The van der Waals surface area contributed by atoms with Crippen molar-refractivity contribution in [1.82, 2.24) is 4.90 Å². The number of amides is 1. The molecular weight excluding hydrogens is 294 g/mol. The molecule has 1 fully saturated rings. The van der Waals surface area contributed by atoms with Crippen LogP contribution in [0.5, 0.6) is 11.5 Å². The molecule has 1 saturated heterocycles. The van der Waals surface area contributed by atoms with Crippen LogP contribution in [0, 0.1) is 0 Å². The maximum atomic E-state index is 12.1. The molecule has 1 aliphatic heterocycles. The number of methoxy groups -OCH3 is 2. The molecular formula is C18H19NO4. The van der Waals surface area contributed by atoms with E-state index in [1.54, 1.807) is 19.1 Å². The molecule has 0 spiro atoms. The Labute approximate surface area is 135 Å². The van der Waals surface area contributed by atoms with Crippen molar-refractivity contribution >= 4 is 6.09 Å². The van der Waals surface area contributed by atoms with E-state index in [2.05, 4.69) is 0 Å². The fraction of sp³-hybridized carbons (Fsp3) is 0.278. The lowest BCUT2D eigenvalue weighted by atomic mass is 10.1. The molecule has 1 amide bonds. The summed E-state index contributed by atoms with van der Waals surface area (Å²) in [5.41, 5.74) is 1.98. The average molecular weight is 313 g/mol. The summed E-state index contributed by atoms with van der Waals surface area (Å²) in [7, 11) is 3.18. The number of carbonyl (C=O) groups is 1. The quantitative estimate of drug-likeness (QED) is 0.849. The Balaban J connectivity index is 1.74. The van der Waals surface area contributed by atoms with Crippen molar-refractivity contribution in [1.29, 1.82) is 0 Å². The van der Waals surface area contributed by atoms with E-state index in [1.807, 2.05) is 48.5 Å². The molecule has 5 heteroatoms. The molecule has 0 N–H and O–H groups in total. The van der Waals surface area contributed by atoms with E-state index in [0.717, 1.165) is 11.1 Å². The molecule has 23 heavy (non-hydrogen) atoms. The van der Waals surface area contributed by atoms with E-state index in [4.69, 9.17) is 14.2 Å². The largest absolute Gasteiger partial charge is 0.493 e. The molecule has 1 atom stereocenters. The van der Waals surface area contributed by atoms with E-state index in [1.165, 1.54) is 0 Å². The van der Waals surface area contributed by atoms with Crippen molar-refractivity contribution < 1.29 is 19.0 Å². The summed E-state index contributed by atoms with van der Waals surface area (Å²) in [4.78, 5) is 13.8. The van der Waals surface area contributed by atoms with Crippen LogP contribution in [-0.4, -0.2) is 31.8 Å². The van der Waals surface area contributed by atoms with Gasteiger partial charge in [-0.3, -0.25) is 4.90 Å². The van der Waals surface area contributed by atoms with Crippen LogP contribution in [0.25, 0.3) is 0 Å². The fourth-order valence-electron chi connectivity index (χ4n) is 2.67. The maximum absolute atomic E-state index is 12.1. The predicted octanol–water partition coefficient (Wildman–Crippen LogP) is 3.40. The molecule has 5 nitrogen and oxygen atoms in total. The highest BCUT2D eigenvalue weighted by atomic mass is 16.6. The van der Waals surface area contributed by atoms with Crippen LogP contribution in [0.15, 0.2) is 48.5 Å². The predicted molar refractivity (Wildman–Crippen MR) is 85.6 cm³/mol. The van der Waals surface area contributed by atoms with Crippen LogP contribution in [0.4, 0.5) is 4.79 Å². The Hall–Kier alpha value is -2.69. The van der Waals surface area contributed by atoms with Crippen LogP contribution < -0.4 is 9.47 Å². The number of hydrogen-bond acceptors (Lipinski definition) is 4. The Kier molecular flexibility index (Phi) is 4.37. The summed E-state index contributed by atoms with van der Waals surface area (Å²) in [6, 6.07) is 15.4. The molecule has 2 aromatic carbocycles. The van der Waals surface area contributed by atoms with Crippen LogP contribution >= 0.6 is 0 Å². The van der Waals surface area contributed by atoms with Gasteiger partial charge in [-0.1, -0.05) is 36.4 Å². The Morgan fingerprint density at radius 1 is 1.09 bits per heavy atom. The number of nitrogens with zero attached hydrogens (tertiary/aromatic N) is 1. The third-order valence-corrected chi connectivity index (χ3v) is 3.88. The van der Waals surface area contributed by atoms with Crippen molar-refractivity contribution in [3.05, 3.63) is 59.7 Å².